The third-order valence-corrected chi connectivity index (χ3v) is 2.28. The Bertz CT molecular complexity index is 227. The Morgan fingerprint density at radius 3 is 3.18 bits per heavy atom. The topological polar surface area (TPSA) is 17.8 Å². The van der Waals surface area contributed by atoms with E-state index < -0.39 is 0 Å². The van der Waals surface area contributed by atoms with Crippen molar-refractivity contribution in [1.29, 1.82) is 0 Å². The van der Waals surface area contributed by atoms with Crippen molar-refractivity contribution in [1.82, 2.24) is 9.55 Å². The van der Waals surface area contributed by atoms with Gasteiger partial charge in [0.15, 0.2) is 0 Å². The van der Waals surface area contributed by atoms with Gasteiger partial charge < -0.3 is 4.57 Å². The van der Waals surface area contributed by atoms with Crippen molar-refractivity contribution in [3.05, 3.63) is 17.7 Å². The number of aryl methyl sites for hydroxylation is 3. The fourth-order valence-electron chi connectivity index (χ4n) is 1.73. The summed E-state index contributed by atoms with van der Waals surface area (Å²) in [6.45, 7) is 3.25. The molecule has 0 N–H and O–H groups in total. The maximum absolute atomic E-state index is 4.47. The number of nitrogens with zero attached hydrogens (tertiary/aromatic N) is 2. The molecule has 0 unspecified atom stereocenters. The summed E-state index contributed by atoms with van der Waals surface area (Å²) in [7, 11) is 0. The Kier molecular flexibility index (Phi) is 1.68. The maximum atomic E-state index is 4.47. The Balaban J connectivity index is 2.32. The Labute approximate surface area is 67.3 Å². The molecule has 0 aliphatic carbocycles. The summed E-state index contributed by atoms with van der Waals surface area (Å²) in [6, 6.07) is 0. The van der Waals surface area contributed by atoms with Crippen LogP contribution < -0.4 is 0 Å². The minimum absolute atomic E-state index is 1.17. The van der Waals surface area contributed by atoms with E-state index >= 15 is 0 Å². The van der Waals surface area contributed by atoms with Gasteiger partial charge in [-0.1, -0.05) is 6.42 Å². The van der Waals surface area contributed by atoms with Gasteiger partial charge in [-0.25, -0.2) is 4.98 Å². The molecule has 2 rings (SSSR count). The number of fused-ring (bicyclic) bond motifs is 1. The maximum Gasteiger partial charge on any atom is 0.108 e. The summed E-state index contributed by atoms with van der Waals surface area (Å²) >= 11 is 0. The molecule has 1 aromatic rings. The fourth-order valence-corrected chi connectivity index (χ4v) is 1.73. The summed E-state index contributed by atoms with van der Waals surface area (Å²) in [4.78, 5) is 4.47. The Morgan fingerprint density at radius 2 is 2.27 bits per heavy atom. The van der Waals surface area contributed by atoms with Crippen LogP contribution in [0.2, 0.25) is 0 Å². The molecule has 0 saturated heterocycles. The van der Waals surface area contributed by atoms with Crippen LogP contribution in [0.15, 0.2) is 6.20 Å². The van der Waals surface area contributed by atoms with Gasteiger partial charge in [-0.15, -0.1) is 0 Å². The summed E-state index contributed by atoms with van der Waals surface area (Å²) in [5.74, 6) is 1.29. The van der Waals surface area contributed by atoms with E-state index in [9.17, 15) is 0 Å². The molecule has 1 aliphatic rings. The zero-order valence-electron chi connectivity index (χ0n) is 7.01. The van der Waals surface area contributed by atoms with Crippen LogP contribution in [0.4, 0.5) is 0 Å². The number of hydrogen-bond donors (Lipinski definition) is 0. The fraction of sp³-hybridized carbons (Fsp3) is 0.667. The predicted molar refractivity (Wildman–Crippen MR) is 44.5 cm³/mol. The highest BCUT2D eigenvalue weighted by atomic mass is 15.1. The van der Waals surface area contributed by atoms with Crippen LogP contribution in [-0.4, -0.2) is 9.55 Å². The van der Waals surface area contributed by atoms with Gasteiger partial charge in [-0.2, -0.15) is 0 Å². The van der Waals surface area contributed by atoms with Crippen molar-refractivity contribution in [3.63, 3.8) is 0 Å². The minimum atomic E-state index is 1.17. The van der Waals surface area contributed by atoms with E-state index in [1.54, 1.807) is 0 Å². The van der Waals surface area contributed by atoms with Gasteiger partial charge in [0, 0.05) is 19.2 Å². The standard InChI is InChI=1S/C9H14N2/c1-8-7-11-6-4-2-3-5-9(11)10-8/h7H,2-6H2,1H3. The normalized spacial score (nSPS) is 17.5. The highest BCUT2D eigenvalue weighted by molar-refractivity contribution is 5.03. The first kappa shape index (κ1) is 6.89. The van der Waals surface area contributed by atoms with Crippen LogP contribution in [0.3, 0.4) is 0 Å². The monoisotopic (exact) mass is 150 g/mol. The van der Waals surface area contributed by atoms with Gasteiger partial charge >= 0.3 is 0 Å². The molecule has 60 valence electrons. The van der Waals surface area contributed by atoms with Crippen LogP contribution in [0.1, 0.15) is 30.8 Å². The van der Waals surface area contributed by atoms with E-state index in [2.05, 4.69) is 22.7 Å². The number of rotatable bonds is 0. The van der Waals surface area contributed by atoms with E-state index in [1.807, 2.05) is 0 Å². The highest BCUT2D eigenvalue weighted by Crippen LogP contribution is 2.13. The van der Waals surface area contributed by atoms with Gasteiger partial charge in [0.25, 0.3) is 0 Å². The van der Waals surface area contributed by atoms with Gasteiger partial charge in [-0.3, -0.25) is 0 Å². The molecule has 0 spiro atoms. The molecule has 0 amide bonds. The van der Waals surface area contributed by atoms with Gasteiger partial charge in [0.2, 0.25) is 0 Å². The van der Waals surface area contributed by atoms with Crippen LogP contribution in [-0.2, 0) is 13.0 Å². The van der Waals surface area contributed by atoms with E-state index in [0.29, 0.717) is 0 Å². The molecule has 1 aromatic heterocycles. The molecule has 0 saturated carbocycles. The number of imidazole rings is 1. The van der Waals surface area contributed by atoms with Crippen molar-refractivity contribution < 1.29 is 0 Å². The molecule has 11 heavy (non-hydrogen) atoms. The van der Waals surface area contributed by atoms with E-state index in [-0.39, 0.29) is 0 Å². The van der Waals surface area contributed by atoms with Crippen LogP contribution in [0.25, 0.3) is 0 Å². The first-order valence-corrected chi connectivity index (χ1v) is 4.39. The van der Waals surface area contributed by atoms with Crippen molar-refractivity contribution in [2.75, 3.05) is 0 Å². The number of hydrogen-bond acceptors (Lipinski definition) is 1. The second-order valence-corrected chi connectivity index (χ2v) is 3.30. The highest BCUT2D eigenvalue weighted by Gasteiger charge is 2.08. The average Bonchev–Trinajstić information content (AvgIpc) is 2.17. The van der Waals surface area contributed by atoms with E-state index in [4.69, 9.17) is 0 Å². The summed E-state index contributed by atoms with van der Waals surface area (Å²) in [5, 5.41) is 0. The van der Waals surface area contributed by atoms with Crippen molar-refractivity contribution in [2.45, 2.75) is 39.2 Å². The molecule has 0 atom stereocenters. The lowest BCUT2D eigenvalue weighted by atomic mass is 10.2. The first-order valence-electron chi connectivity index (χ1n) is 4.39. The van der Waals surface area contributed by atoms with Crippen LogP contribution >= 0.6 is 0 Å². The third kappa shape index (κ3) is 1.30. The van der Waals surface area contributed by atoms with Gasteiger partial charge in [-0.05, 0) is 19.8 Å². The Morgan fingerprint density at radius 1 is 1.36 bits per heavy atom. The van der Waals surface area contributed by atoms with Crippen LogP contribution in [0, 0.1) is 6.92 Å². The molecule has 0 fully saturated rings. The molecule has 0 aromatic carbocycles. The molecule has 0 radical (unpaired) electrons. The quantitative estimate of drug-likeness (QED) is 0.552. The summed E-state index contributed by atoms with van der Waals surface area (Å²) in [6.07, 6.45) is 7.34. The minimum Gasteiger partial charge on any atom is -0.335 e. The zero-order chi connectivity index (χ0) is 7.68. The first-order chi connectivity index (χ1) is 5.36. The lowest BCUT2D eigenvalue weighted by molar-refractivity contribution is 0.634. The van der Waals surface area contributed by atoms with E-state index in [0.717, 1.165) is 0 Å². The zero-order valence-corrected chi connectivity index (χ0v) is 7.01. The predicted octanol–water partition coefficient (Wildman–Crippen LogP) is 1.92. The smallest absolute Gasteiger partial charge is 0.108 e. The molecular formula is C9H14N2. The van der Waals surface area contributed by atoms with Crippen molar-refractivity contribution in [3.8, 4) is 0 Å². The van der Waals surface area contributed by atoms with E-state index in [1.165, 1.54) is 43.7 Å². The van der Waals surface area contributed by atoms with Gasteiger partial charge in [0.05, 0.1) is 5.69 Å². The molecular weight excluding hydrogens is 136 g/mol. The van der Waals surface area contributed by atoms with Crippen LogP contribution in [0.5, 0.6) is 0 Å². The van der Waals surface area contributed by atoms with Gasteiger partial charge in [0.1, 0.15) is 5.82 Å². The molecule has 1 aliphatic heterocycles. The summed E-state index contributed by atoms with van der Waals surface area (Å²) in [5.41, 5.74) is 1.17. The Hall–Kier alpha value is -0.790. The second kappa shape index (κ2) is 2.68. The second-order valence-electron chi connectivity index (χ2n) is 3.30. The SMILES string of the molecule is Cc1cn2c(n1)CCCCC2. The molecule has 2 heteroatoms. The molecule has 0 bridgehead atoms. The number of aromatic nitrogens is 2. The average molecular weight is 150 g/mol. The van der Waals surface area contributed by atoms with Crippen molar-refractivity contribution >= 4 is 0 Å². The lowest BCUT2D eigenvalue weighted by Gasteiger charge is -1.99. The van der Waals surface area contributed by atoms with Crippen molar-refractivity contribution in [2.24, 2.45) is 0 Å². The summed E-state index contributed by atoms with van der Waals surface area (Å²) < 4.78 is 2.31. The molecule has 2 nitrogen and oxygen atoms in total. The lowest BCUT2D eigenvalue weighted by Crippen LogP contribution is -1.98. The molecule has 2 heterocycles. The largest absolute Gasteiger partial charge is 0.335 e. The third-order valence-electron chi connectivity index (χ3n) is 2.28.